The SMILES string of the molecule is COC(=O)[C@@H]1O[C@@H](O[C@H]2[C@H](OCc3ccccc3)[C@@H](N=[N+]=[N-])[C@H](O[Si](C)(C)C(C)(C)C)O[C@@H]2COCc2ccccc2)[C@H](OC(C)=O)[C@@H](OCc2ccccc2)[C@@H]1OC(C)=O. The van der Waals surface area contributed by atoms with E-state index < -0.39 is 87.6 Å². The van der Waals surface area contributed by atoms with Gasteiger partial charge in [-0.2, -0.15) is 0 Å². The lowest BCUT2D eigenvalue weighted by molar-refractivity contribution is -0.347. The summed E-state index contributed by atoms with van der Waals surface area (Å²) in [6.07, 6.45) is -11.9. The van der Waals surface area contributed by atoms with Crippen LogP contribution in [0.4, 0.5) is 0 Å². The summed E-state index contributed by atoms with van der Waals surface area (Å²) in [5.41, 5.74) is 12.5. The minimum absolute atomic E-state index is 0.0433. The number of benzene rings is 3. The van der Waals surface area contributed by atoms with Crippen molar-refractivity contribution in [2.24, 2.45) is 5.11 Å². The Morgan fingerprint density at radius 2 is 1.21 bits per heavy atom. The number of nitrogens with zero attached hydrogens (tertiary/aromatic N) is 3. The molecule has 0 aliphatic carbocycles. The minimum Gasteiger partial charge on any atom is -0.467 e. The molecule has 0 unspecified atom stereocenters. The molecule has 0 spiro atoms. The third-order valence-corrected chi connectivity index (χ3v) is 15.2. The first-order valence-electron chi connectivity index (χ1n) is 20.1. The highest BCUT2D eigenvalue weighted by atomic mass is 28.4. The predicted molar refractivity (Wildman–Crippen MR) is 223 cm³/mol. The number of carbonyl (C=O) groups is 3. The molecule has 0 radical (unpaired) electrons. The van der Waals surface area contributed by atoms with Crippen LogP contribution in [0.5, 0.6) is 0 Å². The average Bonchev–Trinajstić information content (AvgIpc) is 3.22. The van der Waals surface area contributed by atoms with E-state index in [-0.39, 0.29) is 31.5 Å². The number of rotatable bonds is 18. The first-order chi connectivity index (χ1) is 29.1. The van der Waals surface area contributed by atoms with Gasteiger partial charge in [-0.3, -0.25) is 9.59 Å². The molecule has 330 valence electrons. The van der Waals surface area contributed by atoms with Crippen LogP contribution in [0.15, 0.2) is 96.1 Å². The second-order valence-electron chi connectivity index (χ2n) is 16.3. The minimum atomic E-state index is -2.62. The first-order valence-corrected chi connectivity index (χ1v) is 23.1. The van der Waals surface area contributed by atoms with Crippen molar-refractivity contribution in [2.45, 2.75) is 134 Å². The molecule has 0 bridgehead atoms. The smallest absolute Gasteiger partial charge is 0.339 e. The maximum atomic E-state index is 13.5. The highest BCUT2D eigenvalue weighted by molar-refractivity contribution is 6.74. The molecular formula is C44H57N3O13Si. The number of esters is 3. The van der Waals surface area contributed by atoms with Crippen LogP contribution in [0.2, 0.25) is 18.1 Å². The lowest BCUT2D eigenvalue weighted by Gasteiger charge is -2.50. The van der Waals surface area contributed by atoms with Crippen molar-refractivity contribution in [2.75, 3.05) is 13.7 Å². The summed E-state index contributed by atoms with van der Waals surface area (Å²) in [5, 5.41) is 3.93. The molecule has 0 saturated carbocycles. The zero-order valence-corrected chi connectivity index (χ0v) is 36.9. The van der Waals surface area contributed by atoms with Gasteiger partial charge in [-0.25, -0.2) is 4.79 Å². The van der Waals surface area contributed by atoms with Crippen molar-refractivity contribution in [3.8, 4) is 0 Å². The Bertz CT molecular complexity index is 1910. The lowest BCUT2D eigenvalue weighted by Crippen LogP contribution is -2.67. The molecule has 17 heteroatoms. The van der Waals surface area contributed by atoms with E-state index >= 15 is 0 Å². The van der Waals surface area contributed by atoms with Crippen molar-refractivity contribution < 1.29 is 61.4 Å². The molecule has 10 atom stereocenters. The first kappa shape index (κ1) is 47.4. The second-order valence-corrected chi connectivity index (χ2v) is 21.1. The summed E-state index contributed by atoms with van der Waals surface area (Å²) in [7, 11) is -1.46. The summed E-state index contributed by atoms with van der Waals surface area (Å²) in [4.78, 5) is 42.2. The monoisotopic (exact) mass is 863 g/mol. The molecule has 5 rings (SSSR count). The van der Waals surface area contributed by atoms with Gasteiger partial charge in [0.05, 0.1) is 33.5 Å². The van der Waals surface area contributed by atoms with Gasteiger partial charge >= 0.3 is 17.9 Å². The van der Waals surface area contributed by atoms with Gasteiger partial charge in [0.15, 0.2) is 39.2 Å². The Morgan fingerprint density at radius 3 is 1.70 bits per heavy atom. The summed E-state index contributed by atoms with van der Waals surface area (Å²) >= 11 is 0. The van der Waals surface area contributed by atoms with Crippen LogP contribution in [0.3, 0.4) is 0 Å². The molecule has 0 N–H and O–H groups in total. The highest BCUT2D eigenvalue weighted by Gasteiger charge is 2.58. The molecule has 16 nitrogen and oxygen atoms in total. The maximum absolute atomic E-state index is 13.5. The Hall–Kier alpha value is -4.68. The quantitative estimate of drug-likeness (QED) is 0.0319. The van der Waals surface area contributed by atoms with Crippen LogP contribution in [0.1, 0.15) is 51.3 Å². The van der Waals surface area contributed by atoms with Gasteiger partial charge < -0.3 is 47.1 Å². The molecule has 0 amide bonds. The van der Waals surface area contributed by atoms with Gasteiger partial charge in [-0.1, -0.05) is 117 Å². The molecule has 2 aliphatic heterocycles. The van der Waals surface area contributed by atoms with Crippen molar-refractivity contribution in [1.29, 1.82) is 0 Å². The van der Waals surface area contributed by atoms with Gasteiger partial charge in [0.25, 0.3) is 0 Å². The zero-order valence-electron chi connectivity index (χ0n) is 35.9. The van der Waals surface area contributed by atoms with E-state index in [4.69, 9.17) is 47.1 Å². The van der Waals surface area contributed by atoms with Crippen LogP contribution in [0.25, 0.3) is 10.4 Å². The fourth-order valence-corrected chi connectivity index (χ4v) is 7.87. The normalized spacial score (nSPS) is 26.7. The molecule has 0 aromatic heterocycles. The predicted octanol–water partition coefficient (Wildman–Crippen LogP) is 6.95. The molecule has 3 aromatic rings. The van der Waals surface area contributed by atoms with Gasteiger partial charge in [0, 0.05) is 18.8 Å². The second kappa shape index (κ2) is 21.9. The van der Waals surface area contributed by atoms with E-state index in [2.05, 4.69) is 43.9 Å². The number of methoxy groups -OCH3 is 1. The highest BCUT2D eigenvalue weighted by Crippen LogP contribution is 2.41. The van der Waals surface area contributed by atoms with Gasteiger partial charge in [0.2, 0.25) is 0 Å². The van der Waals surface area contributed by atoms with E-state index in [0.29, 0.717) is 0 Å². The van der Waals surface area contributed by atoms with Crippen molar-refractivity contribution in [1.82, 2.24) is 0 Å². The largest absolute Gasteiger partial charge is 0.467 e. The molecule has 2 saturated heterocycles. The lowest BCUT2D eigenvalue weighted by atomic mass is 9.95. The van der Waals surface area contributed by atoms with E-state index in [1.807, 2.05) is 91.0 Å². The van der Waals surface area contributed by atoms with Crippen LogP contribution in [-0.2, 0) is 81.3 Å². The summed E-state index contributed by atoms with van der Waals surface area (Å²) in [6, 6.07) is 26.9. The van der Waals surface area contributed by atoms with Gasteiger partial charge in [0.1, 0.15) is 30.5 Å². The third-order valence-electron chi connectivity index (χ3n) is 10.8. The van der Waals surface area contributed by atoms with Gasteiger partial charge in [-0.15, -0.1) is 0 Å². The number of hydrogen-bond acceptors (Lipinski definition) is 14. The Balaban J connectivity index is 1.62. The van der Waals surface area contributed by atoms with E-state index in [9.17, 15) is 19.9 Å². The molecular weight excluding hydrogens is 807 g/mol. The van der Waals surface area contributed by atoms with Crippen LogP contribution in [-0.4, -0.2) is 101 Å². The van der Waals surface area contributed by atoms with Crippen LogP contribution >= 0.6 is 0 Å². The van der Waals surface area contributed by atoms with E-state index in [1.165, 1.54) is 6.92 Å². The van der Waals surface area contributed by atoms with Crippen LogP contribution < -0.4 is 0 Å². The number of hydrogen-bond donors (Lipinski definition) is 0. The number of azide groups is 1. The summed E-state index contributed by atoms with van der Waals surface area (Å²) in [5.74, 6) is -2.42. The molecule has 61 heavy (non-hydrogen) atoms. The molecule has 2 heterocycles. The fraction of sp³-hybridized carbons (Fsp3) is 0.523. The van der Waals surface area contributed by atoms with E-state index in [0.717, 1.165) is 30.7 Å². The van der Waals surface area contributed by atoms with E-state index in [1.54, 1.807) is 0 Å². The van der Waals surface area contributed by atoms with Crippen LogP contribution in [0, 0.1) is 0 Å². The average molecular weight is 864 g/mol. The number of ether oxygens (including phenoxy) is 9. The third kappa shape index (κ3) is 12.9. The summed E-state index contributed by atoms with van der Waals surface area (Å²) < 4.78 is 62.8. The standard InChI is InChI=1S/C44H57N3O13Si/c1-28(48)55-38-37(54-26-32-22-16-11-17-23-32)40(56-29(2)49)43(59-39(38)41(50)51-6)58-35-33(27-52-24-30-18-12-9-13-19-30)57-42(60-61(7,8)44(3,4)5)34(46-47-45)36(35)53-25-31-20-14-10-15-21-31/h9-23,33-40,42-43H,24-27H2,1-8H3/t33-,34-,35-,36-,37+,38+,39-,40-,42+,43-/m1/s1. The van der Waals surface area contributed by atoms with Crippen molar-refractivity contribution in [3.05, 3.63) is 118 Å². The topological polar surface area (TPSA) is 192 Å². The van der Waals surface area contributed by atoms with Gasteiger partial charge in [-0.05, 0) is 40.4 Å². The van der Waals surface area contributed by atoms with Crippen molar-refractivity contribution in [3.63, 3.8) is 0 Å². The Labute approximate surface area is 357 Å². The van der Waals surface area contributed by atoms with Crippen molar-refractivity contribution >= 4 is 26.2 Å². The Kier molecular flexibility index (Phi) is 17.0. The molecule has 2 fully saturated rings. The zero-order chi connectivity index (χ0) is 44.2. The number of carbonyl (C=O) groups excluding carboxylic acids is 3. The molecule has 2 aliphatic rings. The molecule has 3 aromatic carbocycles. The maximum Gasteiger partial charge on any atom is 0.339 e. The Morgan fingerprint density at radius 1 is 0.705 bits per heavy atom. The fourth-order valence-electron chi connectivity index (χ4n) is 6.74. The summed E-state index contributed by atoms with van der Waals surface area (Å²) in [6.45, 7) is 12.8.